The topological polar surface area (TPSA) is 142 Å². The van der Waals surface area contributed by atoms with Crippen molar-refractivity contribution in [3.8, 4) is 0 Å². The molecule has 0 unspecified atom stereocenters. The monoisotopic (exact) mass is 652 g/mol. The molecule has 14 heteroatoms. The molecule has 3 N–H and O–H groups in total. The molecule has 1 aromatic carbocycles. The summed E-state index contributed by atoms with van der Waals surface area (Å²) in [5, 5.41) is 12.6. The number of aromatic nitrogens is 3. The zero-order valence-corrected chi connectivity index (χ0v) is 27.0. The standard InChI is InChI=1S/C32H41FN8O4S/c1-3-41-26(11-12-35-41)29(42)38-28(22-7-5-4-6-8-22)31(44)36-24-10-9-21(17-23(24)33)18-25(37-30(43)27-19-34-20-46-27)32(45)40-15-13-39(2)14-16-40/h9-12,17,19-20,22,25,28H,3-8,13-16,18H2,1-2H3,(H,36,44)(H,37,43)(H,38,42)/t25-,28+/m1/s1. The van der Waals surface area contributed by atoms with E-state index in [9.17, 15) is 19.2 Å². The van der Waals surface area contributed by atoms with Crippen LogP contribution in [-0.4, -0.2) is 93.5 Å². The number of piperazine rings is 1. The van der Waals surface area contributed by atoms with Crippen LogP contribution in [0.15, 0.2) is 42.2 Å². The summed E-state index contributed by atoms with van der Waals surface area (Å²) in [4.78, 5) is 61.3. The van der Waals surface area contributed by atoms with Gasteiger partial charge in [-0.2, -0.15) is 5.10 Å². The van der Waals surface area contributed by atoms with Gasteiger partial charge in [-0.05, 0) is 56.5 Å². The molecule has 0 bridgehead atoms. The van der Waals surface area contributed by atoms with Crippen molar-refractivity contribution in [2.45, 2.75) is 64.1 Å². The molecular weight excluding hydrogens is 611 g/mol. The van der Waals surface area contributed by atoms with Crippen molar-refractivity contribution < 1.29 is 23.6 Å². The number of rotatable bonds is 11. The van der Waals surface area contributed by atoms with E-state index >= 15 is 4.39 Å². The van der Waals surface area contributed by atoms with Gasteiger partial charge in [-0.3, -0.25) is 28.8 Å². The molecule has 1 aliphatic heterocycles. The third-order valence-corrected chi connectivity index (χ3v) is 9.52. The molecule has 0 radical (unpaired) electrons. The Morgan fingerprint density at radius 3 is 2.46 bits per heavy atom. The number of carbonyl (C=O) groups is 4. The highest BCUT2D eigenvalue weighted by Crippen LogP contribution is 2.28. The fourth-order valence-corrected chi connectivity index (χ4v) is 6.62. The quantitative estimate of drug-likeness (QED) is 0.289. The van der Waals surface area contributed by atoms with E-state index in [1.807, 2.05) is 14.0 Å². The van der Waals surface area contributed by atoms with Crippen LogP contribution in [0.5, 0.6) is 0 Å². The lowest BCUT2D eigenvalue weighted by atomic mass is 9.83. The minimum atomic E-state index is -0.916. The number of hydrogen-bond acceptors (Lipinski definition) is 8. The van der Waals surface area contributed by atoms with Crippen molar-refractivity contribution in [1.82, 2.24) is 35.2 Å². The normalized spacial score (nSPS) is 17.2. The molecule has 0 spiro atoms. The van der Waals surface area contributed by atoms with Crippen LogP contribution < -0.4 is 16.0 Å². The van der Waals surface area contributed by atoms with Crippen molar-refractivity contribution >= 4 is 40.7 Å². The molecular formula is C32H41FN8O4S. The van der Waals surface area contributed by atoms with Gasteiger partial charge < -0.3 is 25.8 Å². The van der Waals surface area contributed by atoms with Crippen LogP contribution in [0.3, 0.4) is 0 Å². The van der Waals surface area contributed by atoms with Crippen molar-refractivity contribution in [1.29, 1.82) is 0 Å². The highest BCUT2D eigenvalue weighted by Gasteiger charge is 2.33. The second-order valence-corrected chi connectivity index (χ2v) is 12.8. The first kappa shape index (κ1) is 33.2. The van der Waals surface area contributed by atoms with E-state index in [4.69, 9.17) is 0 Å². The van der Waals surface area contributed by atoms with Gasteiger partial charge in [0.25, 0.3) is 11.8 Å². The first-order valence-electron chi connectivity index (χ1n) is 15.8. The van der Waals surface area contributed by atoms with E-state index in [2.05, 4.69) is 30.9 Å². The van der Waals surface area contributed by atoms with Gasteiger partial charge in [-0.15, -0.1) is 11.3 Å². The molecule has 2 aromatic heterocycles. The van der Waals surface area contributed by atoms with Gasteiger partial charge in [0.05, 0.1) is 17.4 Å². The molecule has 5 rings (SSSR count). The van der Waals surface area contributed by atoms with Gasteiger partial charge in [0.15, 0.2) is 0 Å². The summed E-state index contributed by atoms with van der Waals surface area (Å²) in [6.07, 6.45) is 7.58. The summed E-state index contributed by atoms with van der Waals surface area (Å²) in [7, 11) is 1.99. The predicted molar refractivity (Wildman–Crippen MR) is 172 cm³/mol. The third-order valence-electron chi connectivity index (χ3n) is 8.74. The smallest absolute Gasteiger partial charge is 0.270 e. The van der Waals surface area contributed by atoms with Crippen molar-refractivity contribution in [2.24, 2.45) is 5.92 Å². The van der Waals surface area contributed by atoms with Crippen LogP contribution >= 0.6 is 11.3 Å². The molecule has 1 aliphatic carbocycles. The second-order valence-electron chi connectivity index (χ2n) is 11.9. The Bertz CT molecular complexity index is 1520. The Kier molecular flexibility index (Phi) is 11.1. The number of nitrogens with zero attached hydrogens (tertiary/aromatic N) is 5. The SMILES string of the molecule is CCn1nccc1C(=O)N[C@H](C(=O)Nc1ccc(C[C@@H](NC(=O)c2cncs2)C(=O)N2CCN(C)CC2)cc1F)C1CCCCC1. The number of likely N-dealkylation sites (N-methyl/N-ethyl adjacent to an activating group) is 1. The lowest BCUT2D eigenvalue weighted by molar-refractivity contribution is -0.134. The maximum Gasteiger partial charge on any atom is 0.270 e. The number of hydrogen-bond donors (Lipinski definition) is 3. The fourth-order valence-electron chi connectivity index (χ4n) is 6.10. The molecule has 1 saturated heterocycles. The first-order valence-corrected chi connectivity index (χ1v) is 16.7. The van der Waals surface area contributed by atoms with Crippen LogP contribution in [0.25, 0.3) is 0 Å². The highest BCUT2D eigenvalue weighted by molar-refractivity contribution is 7.11. The van der Waals surface area contributed by atoms with Crippen molar-refractivity contribution in [3.05, 3.63) is 64.1 Å². The Hall–Kier alpha value is -4.17. The summed E-state index contributed by atoms with van der Waals surface area (Å²) in [6, 6.07) is 4.20. The molecule has 3 heterocycles. The summed E-state index contributed by atoms with van der Waals surface area (Å²) in [5.74, 6) is -2.31. The van der Waals surface area contributed by atoms with E-state index in [0.717, 1.165) is 45.2 Å². The summed E-state index contributed by atoms with van der Waals surface area (Å²) < 4.78 is 17.1. The lowest BCUT2D eigenvalue weighted by Gasteiger charge is -2.34. The number of thiazole rings is 1. The number of halogens is 1. The van der Waals surface area contributed by atoms with Gasteiger partial charge in [0.1, 0.15) is 28.5 Å². The molecule has 2 fully saturated rings. The predicted octanol–water partition coefficient (Wildman–Crippen LogP) is 2.93. The third kappa shape index (κ3) is 8.15. The van der Waals surface area contributed by atoms with Crippen LogP contribution in [-0.2, 0) is 22.6 Å². The zero-order chi connectivity index (χ0) is 32.6. The number of nitrogens with one attached hydrogen (secondary N) is 3. The van der Waals surface area contributed by atoms with Crippen molar-refractivity contribution in [3.63, 3.8) is 0 Å². The first-order chi connectivity index (χ1) is 22.2. The Labute approximate surface area is 271 Å². The van der Waals surface area contributed by atoms with E-state index in [1.54, 1.807) is 33.4 Å². The minimum absolute atomic E-state index is 0.0296. The van der Waals surface area contributed by atoms with Gasteiger partial charge in [-0.1, -0.05) is 25.3 Å². The molecule has 2 aliphatic rings. The molecule has 4 amide bonds. The van der Waals surface area contributed by atoms with Crippen LogP contribution in [0.2, 0.25) is 0 Å². The van der Waals surface area contributed by atoms with E-state index in [0.29, 0.717) is 35.8 Å². The van der Waals surface area contributed by atoms with Crippen LogP contribution in [0, 0.1) is 11.7 Å². The summed E-state index contributed by atoms with van der Waals surface area (Å²) >= 11 is 1.17. The van der Waals surface area contributed by atoms with E-state index in [-0.39, 0.29) is 23.9 Å². The van der Waals surface area contributed by atoms with Crippen LogP contribution in [0.4, 0.5) is 10.1 Å². The second kappa shape index (κ2) is 15.4. The van der Waals surface area contributed by atoms with Gasteiger partial charge >= 0.3 is 0 Å². The van der Waals surface area contributed by atoms with Crippen LogP contribution in [0.1, 0.15) is 64.8 Å². The number of aryl methyl sites for hydroxylation is 1. The van der Waals surface area contributed by atoms with E-state index < -0.39 is 35.6 Å². The lowest BCUT2D eigenvalue weighted by Crippen LogP contribution is -2.54. The average Bonchev–Trinajstić information content (AvgIpc) is 3.78. The largest absolute Gasteiger partial charge is 0.339 e. The van der Waals surface area contributed by atoms with Crippen molar-refractivity contribution in [2.75, 3.05) is 38.5 Å². The highest BCUT2D eigenvalue weighted by atomic mass is 32.1. The number of carbonyl (C=O) groups excluding carboxylic acids is 4. The average molecular weight is 653 g/mol. The maximum absolute atomic E-state index is 15.5. The minimum Gasteiger partial charge on any atom is -0.339 e. The van der Waals surface area contributed by atoms with E-state index in [1.165, 1.54) is 29.7 Å². The molecule has 2 atom stereocenters. The summed E-state index contributed by atoms with van der Waals surface area (Å²) in [5.41, 5.74) is 2.35. The maximum atomic E-state index is 15.5. The van der Waals surface area contributed by atoms with Gasteiger partial charge in [-0.25, -0.2) is 4.39 Å². The molecule has 1 saturated carbocycles. The number of anilines is 1. The Balaban J connectivity index is 1.30. The Morgan fingerprint density at radius 1 is 1.02 bits per heavy atom. The zero-order valence-electron chi connectivity index (χ0n) is 26.2. The fraction of sp³-hybridized carbons (Fsp3) is 0.500. The number of benzene rings is 1. The van der Waals surface area contributed by atoms with Gasteiger partial charge in [0.2, 0.25) is 11.8 Å². The molecule has 12 nitrogen and oxygen atoms in total. The molecule has 3 aromatic rings. The molecule has 46 heavy (non-hydrogen) atoms. The summed E-state index contributed by atoms with van der Waals surface area (Å²) in [6.45, 7) is 4.87. The molecule has 246 valence electrons. The Morgan fingerprint density at radius 2 is 1.78 bits per heavy atom. The number of amides is 4. The van der Waals surface area contributed by atoms with Gasteiger partial charge in [0, 0.05) is 45.3 Å².